The van der Waals surface area contributed by atoms with Crippen LogP contribution in [-0.2, 0) is 32.7 Å². The van der Waals surface area contributed by atoms with E-state index in [4.69, 9.17) is 18.5 Å². The van der Waals surface area contributed by atoms with Crippen molar-refractivity contribution >= 4 is 43.2 Å². The Bertz CT molecular complexity index is 828. The summed E-state index contributed by atoms with van der Waals surface area (Å²) >= 11 is 4.22. The Hall–Kier alpha value is -0.250. The van der Waals surface area contributed by atoms with Gasteiger partial charge in [-0.1, -0.05) is 129 Å². The van der Waals surface area contributed by atoms with Crippen LogP contribution >= 0.6 is 31.3 Å². The standard InChI is InChI=1S/C39H76NO7PS2/c1-3-5-7-23-31-49-33-25-19-15-11-9-13-17-21-27-38(41)44-35-37(36-46-48(43)40-29-30-45-48)47-39(42)28-22-18-14-10-12-16-20-26-34-50-32-24-8-6-4-2/h37H,3-36H2,1-2H3,(H,40,43). The number of carbonyl (C=O) groups is 2. The lowest BCUT2D eigenvalue weighted by Gasteiger charge is -2.20. The van der Waals surface area contributed by atoms with Crippen molar-refractivity contribution in [2.45, 2.75) is 187 Å². The highest BCUT2D eigenvalue weighted by Gasteiger charge is 2.31. The Morgan fingerprint density at radius 1 is 0.600 bits per heavy atom. The van der Waals surface area contributed by atoms with Crippen LogP contribution in [0.1, 0.15) is 181 Å². The van der Waals surface area contributed by atoms with Crippen molar-refractivity contribution < 1.29 is 32.7 Å². The van der Waals surface area contributed by atoms with E-state index in [0.29, 0.717) is 26.0 Å². The van der Waals surface area contributed by atoms with Gasteiger partial charge in [-0.25, -0.2) is 9.65 Å². The molecule has 0 aromatic carbocycles. The number of esters is 2. The first-order valence-corrected chi connectivity index (χ1v) is 24.5. The number of hydrogen-bond acceptors (Lipinski definition) is 9. The van der Waals surface area contributed by atoms with Crippen LogP contribution in [0.3, 0.4) is 0 Å². The van der Waals surface area contributed by atoms with E-state index in [1.807, 2.05) is 0 Å². The molecule has 0 aromatic rings. The van der Waals surface area contributed by atoms with Gasteiger partial charge in [0.15, 0.2) is 6.10 Å². The van der Waals surface area contributed by atoms with E-state index in [1.165, 1.54) is 139 Å². The molecule has 1 heterocycles. The number of thioether (sulfide) groups is 2. The normalized spacial score (nSPS) is 16.5. The molecule has 1 rings (SSSR count). The van der Waals surface area contributed by atoms with Gasteiger partial charge in [0.05, 0.1) is 13.2 Å². The predicted molar refractivity (Wildman–Crippen MR) is 214 cm³/mol. The van der Waals surface area contributed by atoms with Gasteiger partial charge < -0.3 is 9.47 Å². The Kier molecular flexibility index (Phi) is 34.2. The van der Waals surface area contributed by atoms with Crippen molar-refractivity contribution in [3.05, 3.63) is 0 Å². The van der Waals surface area contributed by atoms with Crippen molar-refractivity contribution in [2.75, 3.05) is 49.4 Å². The van der Waals surface area contributed by atoms with Crippen LogP contribution < -0.4 is 5.09 Å². The molecule has 1 fully saturated rings. The number of nitrogens with one attached hydrogen (secondary N) is 1. The molecule has 0 radical (unpaired) electrons. The zero-order valence-corrected chi connectivity index (χ0v) is 34.8. The molecule has 0 spiro atoms. The maximum Gasteiger partial charge on any atom is 0.405 e. The maximum atomic E-state index is 12.6. The highest BCUT2D eigenvalue weighted by atomic mass is 32.2. The molecule has 0 amide bonds. The summed E-state index contributed by atoms with van der Waals surface area (Å²) in [6.45, 7) is 4.99. The van der Waals surface area contributed by atoms with E-state index in [-0.39, 0.29) is 25.2 Å². The average molecular weight is 766 g/mol. The van der Waals surface area contributed by atoms with Crippen LogP contribution in [0.2, 0.25) is 0 Å². The minimum Gasteiger partial charge on any atom is -0.462 e. The predicted octanol–water partition coefficient (Wildman–Crippen LogP) is 11.8. The van der Waals surface area contributed by atoms with Crippen LogP contribution in [-0.4, -0.2) is 67.4 Å². The molecule has 0 bridgehead atoms. The fourth-order valence-corrected chi connectivity index (χ4v) is 9.17. The molecule has 11 heteroatoms. The Balaban J connectivity index is 2.11. The van der Waals surface area contributed by atoms with Crippen LogP contribution in [0.25, 0.3) is 0 Å². The first kappa shape index (κ1) is 47.8. The van der Waals surface area contributed by atoms with Gasteiger partial charge in [0.1, 0.15) is 6.61 Å². The van der Waals surface area contributed by atoms with E-state index in [1.54, 1.807) is 0 Å². The molecular weight excluding hydrogens is 690 g/mol. The number of rotatable bonds is 38. The van der Waals surface area contributed by atoms with Crippen molar-refractivity contribution in [1.29, 1.82) is 0 Å². The summed E-state index contributed by atoms with van der Waals surface area (Å²) in [4.78, 5) is 25.0. The Morgan fingerprint density at radius 3 is 1.46 bits per heavy atom. The molecule has 1 aliphatic heterocycles. The number of hydrogen-bond donors (Lipinski definition) is 1. The van der Waals surface area contributed by atoms with Crippen molar-refractivity contribution in [2.24, 2.45) is 0 Å². The summed E-state index contributed by atoms with van der Waals surface area (Å²) in [7, 11) is -3.40. The smallest absolute Gasteiger partial charge is 0.405 e. The third-order valence-electron chi connectivity index (χ3n) is 8.95. The van der Waals surface area contributed by atoms with Gasteiger partial charge in [-0.3, -0.25) is 18.6 Å². The maximum absolute atomic E-state index is 12.6. The fraction of sp³-hybridized carbons (Fsp3) is 0.949. The van der Waals surface area contributed by atoms with E-state index >= 15 is 0 Å². The molecule has 0 saturated carbocycles. The molecule has 1 aliphatic rings. The molecule has 8 nitrogen and oxygen atoms in total. The molecule has 1 saturated heterocycles. The second kappa shape index (κ2) is 35.8. The number of unbranched alkanes of at least 4 members (excludes halogenated alkanes) is 20. The Labute approximate surface area is 316 Å². The Morgan fingerprint density at radius 2 is 1.02 bits per heavy atom. The van der Waals surface area contributed by atoms with E-state index in [9.17, 15) is 14.2 Å². The van der Waals surface area contributed by atoms with Gasteiger partial charge in [0.2, 0.25) is 0 Å². The van der Waals surface area contributed by atoms with Gasteiger partial charge in [0.25, 0.3) is 0 Å². The lowest BCUT2D eigenvalue weighted by atomic mass is 10.1. The van der Waals surface area contributed by atoms with Gasteiger partial charge in [-0.15, -0.1) is 0 Å². The molecule has 2 unspecified atom stereocenters. The quantitative estimate of drug-likeness (QED) is 0.0371. The average Bonchev–Trinajstić information content (AvgIpc) is 3.55. The third-order valence-corrected chi connectivity index (χ3v) is 12.9. The van der Waals surface area contributed by atoms with E-state index < -0.39 is 13.9 Å². The van der Waals surface area contributed by atoms with Crippen LogP contribution in [0.15, 0.2) is 0 Å². The largest absolute Gasteiger partial charge is 0.462 e. The van der Waals surface area contributed by atoms with Crippen LogP contribution in [0, 0.1) is 0 Å². The third kappa shape index (κ3) is 31.3. The van der Waals surface area contributed by atoms with Gasteiger partial charge in [-0.05, 0) is 61.5 Å². The summed E-state index contributed by atoms with van der Waals surface area (Å²) in [6, 6.07) is 0. The van der Waals surface area contributed by atoms with Crippen molar-refractivity contribution in [3.63, 3.8) is 0 Å². The lowest BCUT2D eigenvalue weighted by molar-refractivity contribution is -0.161. The highest BCUT2D eigenvalue weighted by Crippen LogP contribution is 2.46. The zero-order chi connectivity index (χ0) is 36.2. The SMILES string of the molecule is CCCCCCSCCCCCCCCCCC(=O)OCC(COP1(=O)NCCO1)OC(=O)CCCCCCCCCCSCCCCCC. The summed E-state index contributed by atoms with van der Waals surface area (Å²) in [6.07, 6.45) is 29.3. The van der Waals surface area contributed by atoms with Crippen LogP contribution in [0.5, 0.6) is 0 Å². The molecule has 0 aliphatic carbocycles. The van der Waals surface area contributed by atoms with Gasteiger partial charge in [-0.2, -0.15) is 23.5 Å². The molecule has 0 aromatic heterocycles. The molecule has 50 heavy (non-hydrogen) atoms. The van der Waals surface area contributed by atoms with E-state index in [2.05, 4.69) is 42.5 Å². The summed E-state index contributed by atoms with van der Waals surface area (Å²) in [5.41, 5.74) is 0. The minimum absolute atomic E-state index is 0.112. The second-order valence-corrected chi connectivity index (χ2v) is 18.1. The summed E-state index contributed by atoms with van der Waals surface area (Å²) in [5.74, 6) is 4.56. The number of carbonyl (C=O) groups excluding carboxylic acids is 2. The van der Waals surface area contributed by atoms with Crippen molar-refractivity contribution in [3.8, 4) is 0 Å². The highest BCUT2D eigenvalue weighted by molar-refractivity contribution is 7.99. The molecule has 2 atom stereocenters. The van der Waals surface area contributed by atoms with Crippen LogP contribution in [0.4, 0.5) is 0 Å². The molecule has 1 N–H and O–H groups in total. The first-order chi connectivity index (χ1) is 24.5. The monoisotopic (exact) mass is 765 g/mol. The van der Waals surface area contributed by atoms with E-state index in [0.717, 1.165) is 38.5 Å². The summed E-state index contributed by atoms with van der Waals surface area (Å²) < 4.78 is 34.2. The zero-order valence-electron chi connectivity index (χ0n) is 32.2. The van der Waals surface area contributed by atoms with Gasteiger partial charge in [0, 0.05) is 19.4 Å². The molecule has 296 valence electrons. The first-order valence-electron chi connectivity index (χ1n) is 20.6. The minimum atomic E-state index is -3.40. The van der Waals surface area contributed by atoms with Crippen molar-refractivity contribution in [1.82, 2.24) is 5.09 Å². The molecular formula is C39H76NO7PS2. The lowest BCUT2D eigenvalue weighted by Crippen LogP contribution is -2.30. The summed E-state index contributed by atoms with van der Waals surface area (Å²) in [5, 5.41) is 2.72. The number of ether oxygens (including phenoxy) is 2. The fourth-order valence-electron chi connectivity index (χ4n) is 5.81. The topological polar surface area (TPSA) is 100 Å². The van der Waals surface area contributed by atoms with Gasteiger partial charge >= 0.3 is 19.7 Å². The second-order valence-electron chi connectivity index (χ2n) is 13.8.